The Morgan fingerprint density at radius 2 is 1.96 bits per heavy atom. The molecule has 1 aromatic rings. The zero-order valence-corrected chi connectivity index (χ0v) is 17.6. The van der Waals surface area contributed by atoms with Crippen molar-refractivity contribution in [3.63, 3.8) is 0 Å². The summed E-state index contributed by atoms with van der Waals surface area (Å²) in [5, 5.41) is 3.00. The molecule has 0 spiro atoms. The maximum Gasteiger partial charge on any atom is 0.140 e. The van der Waals surface area contributed by atoms with Crippen molar-refractivity contribution in [2.45, 2.75) is 60.3 Å². The summed E-state index contributed by atoms with van der Waals surface area (Å²) in [6.07, 6.45) is 9.31. The van der Waals surface area contributed by atoms with Gasteiger partial charge in [0.1, 0.15) is 11.5 Å². The Bertz CT molecular complexity index is 682. The molecule has 3 heteroatoms. The number of Topliss-reactive ketones (excluding diaryl/α,β-unsaturated/α-hetero) is 1. The van der Waals surface area contributed by atoms with Crippen LogP contribution in [0.3, 0.4) is 0 Å². The van der Waals surface area contributed by atoms with Gasteiger partial charge < -0.3 is 10.1 Å². The molecule has 3 nitrogen and oxygen atoms in total. The van der Waals surface area contributed by atoms with Crippen LogP contribution in [0.2, 0.25) is 0 Å². The summed E-state index contributed by atoms with van der Waals surface area (Å²) in [5.74, 6) is 1.60. The van der Waals surface area contributed by atoms with Gasteiger partial charge in [-0.1, -0.05) is 46.4 Å². The van der Waals surface area contributed by atoms with Gasteiger partial charge >= 0.3 is 0 Å². The molecule has 1 saturated carbocycles. The normalized spacial score (nSPS) is 16.6. The van der Waals surface area contributed by atoms with Crippen LogP contribution in [0.15, 0.2) is 48.8 Å². The second-order valence-electron chi connectivity index (χ2n) is 6.28. The van der Waals surface area contributed by atoms with Crippen molar-refractivity contribution in [1.29, 1.82) is 0 Å². The molecule has 27 heavy (non-hydrogen) atoms. The molecule has 0 atom stereocenters. The lowest BCUT2D eigenvalue weighted by Crippen LogP contribution is -2.10. The molecule has 2 aliphatic rings. The molecule has 3 rings (SSSR count). The van der Waals surface area contributed by atoms with Crippen molar-refractivity contribution in [2.24, 2.45) is 5.92 Å². The number of benzene rings is 1. The highest BCUT2D eigenvalue weighted by atomic mass is 16.5. The van der Waals surface area contributed by atoms with Crippen LogP contribution in [0.4, 0.5) is 0 Å². The summed E-state index contributed by atoms with van der Waals surface area (Å²) in [7, 11) is 0. The minimum Gasteiger partial charge on any atom is -0.493 e. The molecule has 1 aromatic carbocycles. The Morgan fingerprint density at radius 3 is 2.59 bits per heavy atom. The van der Waals surface area contributed by atoms with Crippen molar-refractivity contribution in [3.8, 4) is 5.75 Å². The Labute approximate surface area is 165 Å². The highest BCUT2D eigenvalue weighted by Crippen LogP contribution is 2.35. The highest BCUT2D eigenvalue weighted by molar-refractivity contribution is 5.85. The van der Waals surface area contributed by atoms with Crippen molar-refractivity contribution in [3.05, 3.63) is 60.0 Å². The number of hydrogen-bond acceptors (Lipinski definition) is 3. The van der Waals surface area contributed by atoms with Gasteiger partial charge in [0.2, 0.25) is 0 Å². The molecule has 0 bridgehead atoms. The first kappa shape index (κ1) is 22.8. The van der Waals surface area contributed by atoms with Crippen molar-refractivity contribution in [1.82, 2.24) is 5.32 Å². The van der Waals surface area contributed by atoms with Gasteiger partial charge in [0.25, 0.3) is 0 Å². The van der Waals surface area contributed by atoms with Gasteiger partial charge in [-0.15, -0.1) is 0 Å². The van der Waals surface area contributed by atoms with Gasteiger partial charge in [-0.25, -0.2) is 0 Å². The number of rotatable bonds is 6. The van der Waals surface area contributed by atoms with Crippen LogP contribution in [0, 0.1) is 5.92 Å². The monoisotopic (exact) mass is 369 g/mol. The molecule has 0 radical (unpaired) electrons. The largest absolute Gasteiger partial charge is 0.493 e. The smallest absolute Gasteiger partial charge is 0.140 e. The van der Waals surface area contributed by atoms with Crippen LogP contribution < -0.4 is 10.1 Å². The summed E-state index contributed by atoms with van der Waals surface area (Å²) in [6, 6.07) is 6.14. The van der Waals surface area contributed by atoms with Crippen LogP contribution >= 0.6 is 0 Å². The molecule has 1 fully saturated rings. The molecule has 1 aliphatic heterocycles. The van der Waals surface area contributed by atoms with Crippen molar-refractivity contribution < 1.29 is 9.53 Å². The van der Waals surface area contributed by atoms with Gasteiger partial charge in [0, 0.05) is 30.5 Å². The number of fused-ring (bicyclic) bond motifs is 1. The van der Waals surface area contributed by atoms with Crippen LogP contribution in [-0.2, 0) is 11.2 Å². The predicted molar refractivity (Wildman–Crippen MR) is 116 cm³/mol. The maximum absolute atomic E-state index is 12.0. The van der Waals surface area contributed by atoms with Crippen molar-refractivity contribution >= 4 is 11.4 Å². The van der Waals surface area contributed by atoms with E-state index in [1.54, 1.807) is 6.20 Å². The molecular weight excluding hydrogens is 334 g/mol. The van der Waals surface area contributed by atoms with Gasteiger partial charge in [-0.05, 0) is 54.8 Å². The predicted octanol–water partition coefficient (Wildman–Crippen LogP) is 6.06. The summed E-state index contributed by atoms with van der Waals surface area (Å²) >= 11 is 0. The SMILES string of the molecule is C=CN/C=C(C)/C=C1\CCOc2ccc(CC(=O)C3CC3)cc21.CC.CC. The molecule has 1 aliphatic carbocycles. The van der Waals surface area contributed by atoms with Crippen LogP contribution in [-0.4, -0.2) is 12.4 Å². The molecule has 148 valence electrons. The zero-order chi connectivity index (χ0) is 20.2. The van der Waals surface area contributed by atoms with Crippen molar-refractivity contribution in [2.75, 3.05) is 6.61 Å². The fourth-order valence-electron chi connectivity index (χ4n) is 2.88. The summed E-state index contributed by atoms with van der Waals surface area (Å²) in [5.41, 5.74) is 4.59. The van der Waals surface area contributed by atoms with Gasteiger partial charge in [-0.3, -0.25) is 4.79 Å². The van der Waals surface area contributed by atoms with E-state index < -0.39 is 0 Å². The van der Waals surface area contributed by atoms with E-state index in [9.17, 15) is 4.79 Å². The first-order valence-corrected chi connectivity index (χ1v) is 10.2. The topological polar surface area (TPSA) is 38.3 Å². The number of hydrogen-bond donors (Lipinski definition) is 1. The van der Waals surface area contributed by atoms with E-state index in [4.69, 9.17) is 4.74 Å². The third-order valence-electron chi connectivity index (χ3n) is 4.26. The second-order valence-corrected chi connectivity index (χ2v) is 6.28. The van der Waals surface area contributed by atoms with E-state index in [1.807, 2.05) is 46.0 Å². The van der Waals surface area contributed by atoms with Gasteiger partial charge in [0.05, 0.1) is 6.61 Å². The second kappa shape index (κ2) is 12.2. The van der Waals surface area contributed by atoms with E-state index >= 15 is 0 Å². The Balaban J connectivity index is 0.000000855. The lowest BCUT2D eigenvalue weighted by atomic mass is 9.94. The third kappa shape index (κ3) is 7.09. The first-order chi connectivity index (χ1) is 13.2. The van der Waals surface area contributed by atoms with Crippen LogP contribution in [0.5, 0.6) is 5.75 Å². The molecule has 0 aromatic heterocycles. The first-order valence-electron chi connectivity index (χ1n) is 10.2. The number of ketones is 1. The summed E-state index contributed by atoms with van der Waals surface area (Å²) < 4.78 is 5.76. The van der Waals surface area contributed by atoms with E-state index in [2.05, 4.69) is 31.0 Å². The molecule has 1 N–H and O–H groups in total. The Hall–Kier alpha value is -2.29. The van der Waals surface area contributed by atoms with E-state index in [0.717, 1.165) is 41.7 Å². The van der Waals surface area contributed by atoms with E-state index in [-0.39, 0.29) is 0 Å². The standard InChI is InChI=1S/C20H23NO2.2C2H6/c1-3-21-13-14(2)10-17-8-9-23-20-7-4-15(11-18(17)20)12-19(22)16-5-6-16;2*1-2/h3-4,7,10-11,13,16,21H,1,5-6,8-9,12H2,2H3;2*1-2H3/b14-13+,17-10+;;. The lowest BCUT2D eigenvalue weighted by molar-refractivity contribution is -0.119. The molecule has 0 amide bonds. The Morgan fingerprint density at radius 1 is 1.26 bits per heavy atom. The van der Waals surface area contributed by atoms with E-state index in [0.29, 0.717) is 24.7 Å². The average Bonchev–Trinajstić information content (AvgIpc) is 3.55. The van der Waals surface area contributed by atoms with E-state index in [1.165, 1.54) is 5.57 Å². The van der Waals surface area contributed by atoms with Crippen LogP contribution in [0.25, 0.3) is 5.57 Å². The molecular formula is C24H35NO2. The highest BCUT2D eigenvalue weighted by Gasteiger charge is 2.29. The average molecular weight is 370 g/mol. The number of carbonyl (C=O) groups is 1. The lowest BCUT2D eigenvalue weighted by Gasteiger charge is -2.21. The quantitative estimate of drug-likeness (QED) is 0.662. The molecule has 1 heterocycles. The minimum atomic E-state index is 0.312. The minimum absolute atomic E-state index is 0.312. The fraction of sp³-hybridized carbons (Fsp3) is 0.458. The molecule has 0 saturated heterocycles. The molecule has 0 unspecified atom stereocenters. The van der Waals surface area contributed by atoms with Crippen LogP contribution in [0.1, 0.15) is 65.0 Å². The fourth-order valence-corrected chi connectivity index (χ4v) is 2.88. The number of nitrogens with one attached hydrogen (secondary N) is 1. The Kier molecular flexibility index (Phi) is 10.2. The number of ether oxygens (including phenoxy) is 1. The number of allylic oxidation sites excluding steroid dienone is 2. The third-order valence-corrected chi connectivity index (χ3v) is 4.26. The zero-order valence-electron chi connectivity index (χ0n) is 17.6. The van der Waals surface area contributed by atoms with Gasteiger partial charge in [0.15, 0.2) is 0 Å². The summed E-state index contributed by atoms with van der Waals surface area (Å²) in [6.45, 7) is 14.4. The van der Waals surface area contributed by atoms with Gasteiger partial charge in [-0.2, -0.15) is 0 Å². The maximum atomic E-state index is 12.0. The summed E-state index contributed by atoms with van der Waals surface area (Å²) in [4.78, 5) is 12.0. The number of carbonyl (C=O) groups excluding carboxylic acids is 1.